The molecule has 0 saturated heterocycles. The number of benzene rings is 2. The van der Waals surface area contributed by atoms with Crippen LogP contribution in [0.15, 0.2) is 71.4 Å². The number of aromatic nitrogens is 5. The first-order valence-corrected chi connectivity index (χ1v) is 9.37. The minimum Gasteiger partial charge on any atom is -0.502 e. The molecule has 0 amide bonds. The molecule has 0 radical (unpaired) electrons. The summed E-state index contributed by atoms with van der Waals surface area (Å²) in [6.07, 6.45) is 1.67. The molecule has 0 bridgehead atoms. The first-order valence-electron chi connectivity index (χ1n) is 9.37. The van der Waals surface area contributed by atoms with Gasteiger partial charge >= 0.3 is 5.97 Å². The van der Waals surface area contributed by atoms with Crippen LogP contribution in [-0.4, -0.2) is 41.3 Å². The van der Waals surface area contributed by atoms with Gasteiger partial charge in [0.15, 0.2) is 11.4 Å². The number of aromatic carboxylic acids is 1. The van der Waals surface area contributed by atoms with Gasteiger partial charge in [0.05, 0.1) is 18.1 Å². The molecule has 2 N–H and O–H groups in total. The third-order valence-electron chi connectivity index (χ3n) is 4.81. The average molecular weight is 413 g/mol. The Bertz CT molecular complexity index is 1390. The van der Waals surface area contributed by atoms with Crippen molar-refractivity contribution in [1.82, 2.24) is 25.1 Å². The minimum absolute atomic E-state index is 0.0705. The lowest BCUT2D eigenvalue weighted by molar-refractivity contribution is 0.0687. The van der Waals surface area contributed by atoms with E-state index in [2.05, 4.69) is 20.5 Å². The van der Waals surface area contributed by atoms with Crippen LogP contribution in [0.3, 0.4) is 0 Å². The Morgan fingerprint density at radius 2 is 1.71 bits per heavy atom. The van der Waals surface area contributed by atoms with Gasteiger partial charge in [0.25, 0.3) is 0 Å². The number of pyridine rings is 1. The van der Waals surface area contributed by atoms with Crippen molar-refractivity contribution in [2.45, 2.75) is 6.54 Å². The summed E-state index contributed by atoms with van der Waals surface area (Å²) >= 11 is 0. The van der Waals surface area contributed by atoms with Crippen LogP contribution in [-0.2, 0) is 6.54 Å². The molecule has 0 aliphatic carbocycles. The molecule has 152 valence electrons. The largest absolute Gasteiger partial charge is 0.502 e. The lowest BCUT2D eigenvalue weighted by atomic mass is 10.0. The second kappa shape index (κ2) is 7.38. The molecule has 9 heteroatoms. The highest BCUT2D eigenvalue weighted by atomic mass is 16.5. The number of rotatable bonds is 5. The van der Waals surface area contributed by atoms with E-state index in [4.69, 9.17) is 4.52 Å². The topological polar surface area (TPSA) is 127 Å². The molecule has 5 rings (SSSR count). The number of carboxylic acids is 1. The van der Waals surface area contributed by atoms with Crippen LogP contribution in [0.5, 0.6) is 5.75 Å². The Labute approximate surface area is 175 Å². The van der Waals surface area contributed by atoms with Gasteiger partial charge in [0.2, 0.25) is 5.58 Å². The molecule has 3 heterocycles. The summed E-state index contributed by atoms with van der Waals surface area (Å²) in [5, 5.41) is 32.7. The zero-order valence-corrected chi connectivity index (χ0v) is 16.0. The zero-order chi connectivity index (χ0) is 21.4. The summed E-state index contributed by atoms with van der Waals surface area (Å²) in [5.74, 6) is -1.98. The number of hydrogen-bond acceptors (Lipinski definition) is 7. The normalized spacial score (nSPS) is 11.1. The van der Waals surface area contributed by atoms with Gasteiger partial charge in [-0.15, -0.1) is 5.10 Å². The predicted octanol–water partition coefficient (Wildman–Crippen LogP) is 3.60. The van der Waals surface area contributed by atoms with Gasteiger partial charge in [-0.1, -0.05) is 71.0 Å². The van der Waals surface area contributed by atoms with Crippen LogP contribution < -0.4 is 0 Å². The predicted molar refractivity (Wildman–Crippen MR) is 110 cm³/mol. The summed E-state index contributed by atoms with van der Waals surface area (Å²) in [6.45, 7) is 0.482. The number of hydrogen-bond donors (Lipinski definition) is 2. The number of fused-ring (bicyclic) bond motifs is 1. The molecule has 31 heavy (non-hydrogen) atoms. The standard InChI is InChI=1S/C22H15N5O4/c28-20-19(22(29)30)23-18(15-12-27(26-24-15)11-13-7-3-1-4-8-13)16-17(25-31-21(16)20)14-9-5-2-6-10-14/h1-10,12,28H,11H2,(H,29,30). The maximum Gasteiger partial charge on any atom is 0.358 e. The fourth-order valence-electron chi connectivity index (χ4n) is 3.38. The highest BCUT2D eigenvalue weighted by molar-refractivity contribution is 6.06. The van der Waals surface area contributed by atoms with E-state index < -0.39 is 17.4 Å². The summed E-state index contributed by atoms with van der Waals surface area (Å²) in [5.41, 5.74) is 2.11. The molecule has 2 aromatic carbocycles. The zero-order valence-electron chi connectivity index (χ0n) is 16.0. The van der Waals surface area contributed by atoms with Crippen LogP contribution in [0, 0.1) is 0 Å². The second-order valence-electron chi connectivity index (χ2n) is 6.85. The molecule has 5 aromatic rings. The van der Waals surface area contributed by atoms with Crippen LogP contribution >= 0.6 is 0 Å². The van der Waals surface area contributed by atoms with Crippen LogP contribution in [0.4, 0.5) is 0 Å². The minimum atomic E-state index is -1.39. The molecule has 0 aliphatic heterocycles. The fourth-order valence-corrected chi connectivity index (χ4v) is 3.38. The van der Waals surface area contributed by atoms with Crippen molar-refractivity contribution < 1.29 is 19.5 Å². The summed E-state index contributed by atoms with van der Waals surface area (Å²) in [7, 11) is 0. The van der Waals surface area contributed by atoms with E-state index >= 15 is 0 Å². The Balaban J connectivity index is 1.69. The summed E-state index contributed by atoms with van der Waals surface area (Å²) in [6, 6.07) is 18.9. The van der Waals surface area contributed by atoms with Gasteiger partial charge in [-0.05, 0) is 5.56 Å². The SMILES string of the molecule is O=C(O)c1nc(-c2cn(Cc3ccccc3)nn2)c2c(-c3ccccc3)noc2c1O. The quantitative estimate of drug-likeness (QED) is 0.447. The molecule has 9 nitrogen and oxygen atoms in total. The van der Waals surface area contributed by atoms with E-state index in [1.165, 1.54) is 0 Å². The third-order valence-corrected chi connectivity index (χ3v) is 4.81. The molecular formula is C22H15N5O4. The third kappa shape index (κ3) is 3.27. The molecular weight excluding hydrogens is 398 g/mol. The molecule has 0 unspecified atom stereocenters. The van der Waals surface area contributed by atoms with Crippen LogP contribution in [0.2, 0.25) is 0 Å². The van der Waals surface area contributed by atoms with Gasteiger partial charge in [-0.25, -0.2) is 14.5 Å². The Morgan fingerprint density at radius 1 is 1.00 bits per heavy atom. The number of aromatic hydroxyl groups is 1. The van der Waals surface area contributed by atoms with Gasteiger partial charge in [-0.2, -0.15) is 0 Å². The molecule has 0 atom stereocenters. The van der Waals surface area contributed by atoms with Crippen molar-refractivity contribution in [3.63, 3.8) is 0 Å². The monoisotopic (exact) mass is 413 g/mol. The van der Waals surface area contributed by atoms with Crippen molar-refractivity contribution in [2.24, 2.45) is 0 Å². The van der Waals surface area contributed by atoms with E-state index in [1.807, 2.05) is 60.7 Å². The summed E-state index contributed by atoms with van der Waals surface area (Å²) in [4.78, 5) is 15.8. The number of carboxylic acid groups (broad SMARTS) is 1. The maximum absolute atomic E-state index is 11.6. The fraction of sp³-hybridized carbons (Fsp3) is 0.0455. The van der Waals surface area contributed by atoms with Crippen LogP contribution in [0.1, 0.15) is 16.1 Å². The average Bonchev–Trinajstić information content (AvgIpc) is 3.43. The molecule has 3 aromatic heterocycles. The second-order valence-corrected chi connectivity index (χ2v) is 6.85. The van der Waals surface area contributed by atoms with E-state index in [-0.39, 0.29) is 11.3 Å². The number of carbonyl (C=O) groups is 1. The Morgan fingerprint density at radius 3 is 2.42 bits per heavy atom. The first kappa shape index (κ1) is 18.5. The Kier molecular flexibility index (Phi) is 4.40. The van der Waals surface area contributed by atoms with Gasteiger partial charge in [0, 0.05) is 5.56 Å². The lowest BCUT2D eigenvalue weighted by Gasteiger charge is -2.05. The number of nitrogens with zero attached hydrogens (tertiary/aromatic N) is 5. The molecule has 0 fully saturated rings. The molecule has 0 spiro atoms. The van der Waals surface area contributed by atoms with Gasteiger partial charge < -0.3 is 14.7 Å². The summed E-state index contributed by atoms with van der Waals surface area (Å²) < 4.78 is 6.96. The molecule has 0 saturated carbocycles. The van der Waals surface area contributed by atoms with Crippen molar-refractivity contribution in [3.8, 4) is 28.4 Å². The highest BCUT2D eigenvalue weighted by Crippen LogP contribution is 2.39. The van der Waals surface area contributed by atoms with Crippen molar-refractivity contribution >= 4 is 16.9 Å². The van der Waals surface area contributed by atoms with E-state index in [0.29, 0.717) is 23.3 Å². The van der Waals surface area contributed by atoms with Crippen molar-refractivity contribution in [3.05, 3.63) is 78.1 Å². The highest BCUT2D eigenvalue weighted by Gasteiger charge is 2.27. The maximum atomic E-state index is 11.6. The lowest BCUT2D eigenvalue weighted by Crippen LogP contribution is -2.03. The van der Waals surface area contributed by atoms with E-state index in [9.17, 15) is 15.0 Å². The van der Waals surface area contributed by atoms with Gasteiger partial charge in [0.1, 0.15) is 17.1 Å². The van der Waals surface area contributed by atoms with E-state index in [0.717, 1.165) is 11.1 Å². The first-order chi connectivity index (χ1) is 15.1. The molecule has 0 aliphatic rings. The Hall–Kier alpha value is -4.53. The van der Waals surface area contributed by atoms with Crippen molar-refractivity contribution in [1.29, 1.82) is 0 Å². The van der Waals surface area contributed by atoms with E-state index in [1.54, 1.807) is 10.9 Å². The van der Waals surface area contributed by atoms with Crippen molar-refractivity contribution in [2.75, 3.05) is 0 Å². The van der Waals surface area contributed by atoms with Gasteiger partial charge in [-0.3, -0.25) is 0 Å². The smallest absolute Gasteiger partial charge is 0.358 e. The van der Waals surface area contributed by atoms with Crippen LogP contribution in [0.25, 0.3) is 33.6 Å².